The molecule has 0 bridgehead atoms. The van der Waals surface area contributed by atoms with Crippen LogP contribution < -0.4 is 10.9 Å². The first-order chi connectivity index (χ1) is 10.1. The maximum Gasteiger partial charge on any atom is 0.256 e. The Morgan fingerprint density at radius 3 is 2.71 bits per heavy atom. The van der Waals surface area contributed by atoms with Gasteiger partial charge in [0.05, 0.1) is 22.6 Å². The molecule has 0 fully saturated rings. The van der Waals surface area contributed by atoms with Crippen molar-refractivity contribution in [3.05, 3.63) is 57.6 Å². The number of H-pyrrole nitrogens is 2. The van der Waals surface area contributed by atoms with E-state index in [1.807, 2.05) is 19.1 Å². The van der Waals surface area contributed by atoms with Crippen LogP contribution in [0, 0.1) is 13.8 Å². The molecule has 0 aliphatic rings. The highest BCUT2D eigenvalue weighted by atomic mass is 16.2. The molecule has 0 radical (unpaired) electrons. The molecule has 0 atom stereocenters. The first-order valence-corrected chi connectivity index (χ1v) is 6.51. The minimum Gasteiger partial charge on any atom is -0.322 e. The monoisotopic (exact) mass is 282 g/mol. The number of hydrogen-bond donors (Lipinski definition) is 3. The van der Waals surface area contributed by atoms with Crippen LogP contribution in [0.3, 0.4) is 0 Å². The number of aromatic amines is 2. The second-order valence-electron chi connectivity index (χ2n) is 4.86. The molecule has 106 valence electrons. The van der Waals surface area contributed by atoms with Gasteiger partial charge in [0.15, 0.2) is 0 Å². The number of fused-ring (bicyclic) bond motifs is 1. The first-order valence-electron chi connectivity index (χ1n) is 6.51. The molecule has 3 aromatic rings. The summed E-state index contributed by atoms with van der Waals surface area (Å²) in [6.07, 6.45) is 0. The molecule has 0 aliphatic carbocycles. The lowest BCUT2D eigenvalue weighted by atomic mass is 10.1. The number of anilines is 1. The number of hydrogen-bond acceptors (Lipinski definition) is 3. The van der Waals surface area contributed by atoms with Crippen LogP contribution in [-0.4, -0.2) is 21.1 Å². The van der Waals surface area contributed by atoms with Gasteiger partial charge in [-0.1, -0.05) is 18.2 Å². The van der Waals surface area contributed by atoms with E-state index in [1.54, 1.807) is 19.1 Å². The Morgan fingerprint density at radius 1 is 1.24 bits per heavy atom. The van der Waals surface area contributed by atoms with Crippen molar-refractivity contribution >= 4 is 22.5 Å². The summed E-state index contributed by atoms with van der Waals surface area (Å²) in [6.45, 7) is 3.63. The van der Waals surface area contributed by atoms with E-state index < -0.39 is 0 Å². The number of aryl methyl sites for hydroxylation is 2. The standard InChI is InChI=1S/C15H14N4O2/c1-8-14(9(2)19-18-8)17-15(21)11-7-13(20)16-12-6-4-3-5-10(11)12/h3-7H,1-2H3,(H,16,20)(H,17,21)(H,18,19). The Labute approximate surface area is 120 Å². The number of amides is 1. The van der Waals surface area contributed by atoms with Crippen LogP contribution in [-0.2, 0) is 0 Å². The van der Waals surface area contributed by atoms with E-state index >= 15 is 0 Å². The van der Waals surface area contributed by atoms with Gasteiger partial charge >= 0.3 is 0 Å². The van der Waals surface area contributed by atoms with E-state index in [2.05, 4.69) is 20.5 Å². The summed E-state index contributed by atoms with van der Waals surface area (Å²) in [5, 5.41) is 10.4. The molecule has 0 spiro atoms. The zero-order valence-electron chi connectivity index (χ0n) is 11.7. The van der Waals surface area contributed by atoms with Crippen molar-refractivity contribution in [1.29, 1.82) is 0 Å². The number of aromatic nitrogens is 3. The maximum atomic E-state index is 12.5. The Bertz CT molecular complexity index is 873. The topological polar surface area (TPSA) is 90.6 Å². The molecule has 0 unspecified atom stereocenters. The van der Waals surface area contributed by atoms with Crippen LogP contribution in [0.2, 0.25) is 0 Å². The number of nitrogens with one attached hydrogen (secondary N) is 3. The van der Waals surface area contributed by atoms with Crippen LogP contribution in [0.1, 0.15) is 21.7 Å². The lowest BCUT2D eigenvalue weighted by molar-refractivity contribution is 0.102. The molecule has 2 heterocycles. The molecule has 2 aromatic heterocycles. The molecular weight excluding hydrogens is 268 g/mol. The summed E-state index contributed by atoms with van der Waals surface area (Å²) < 4.78 is 0. The van der Waals surface area contributed by atoms with Gasteiger partial charge in [0.1, 0.15) is 0 Å². The number of pyridine rings is 1. The van der Waals surface area contributed by atoms with E-state index in [-0.39, 0.29) is 11.5 Å². The van der Waals surface area contributed by atoms with Gasteiger partial charge in [0.2, 0.25) is 5.56 Å². The average molecular weight is 282 g/mol. The van der Waals surface area contributed by atoms with Gasteiger partial charge in [-0.25, -0.2) is 0 Å². The lowest BCUT2D eigenvalue weighted by Gasteiger charge is -2.08. The predicted molar refractivity (Wildman–Crippen MR) is 80.6 cm³/mol. The van der Waals surface area contributed by atoms with Crippen molar-refractivity contribution in [3.63, 3.8) is 0 Å². The fourth-order valence-corrected chi connectivity index (χ4v) is 2.31. The normalized spacial score (nSPS) is 10.8. The summed E-state index contributed by atoms with van der Waals surface area (Å²) in [4.78, 5) is 26.9. The number of nitrogens with zero attached hydrogens (tertiary/aromatic N) is 1. The summed E-state index contributed by atoms with van der Waals surface area (Å²) in [5.41, 5.74) is 2.79. The number of para-hydroxylation sites is 1. The third-order valence-electron chi connectivity index (χ3n) is 3.36. The molecule has 1 aromatic carbocycles. The quantitative estimate of drug-likeness (QED) is 0.672. The number of rotatable bonds is 2. The van der Waals surface area contributed by atoms with Crippen molar-refractivity contribution in [1.82, 2.24) is 15.2 Å². The van der Waals surface area contributed by atoms with Crippen LogP contribution in [0.5, 0.6) is 0 Å². The van der Waals surface area contributed by atoms with Gasteiger partial charge in [0, 0.05) is 17.0 Å². The molecule has 3 N–H and O–H groups in total. The van der Waals surface area contributed by atoms with Gasteiger partial charge in [-0.05, 0) is 19.9 Å². The van der Waals surface area contributed by atoms with Crippen molar-refractivity contribution in [2.24, 2.45) is 0 Å². The lowest BCUT2D eigenvalue weighted by Crippen LogP contribution is -2.17. The Balaban J connectivity index is 2.08. The zero-order chi connectivity index (χ0) is 15.0. The maximum absolute atomic E-state index is 12.5. The van der Waals surface area contributed by atoms with Crippen LogP contribution in [0.15, 0.2) is 35.1 Å². The van der Waals surface area contributed by atoms with E-state index in [9.17, 15) is 9.59 Å². The van der Waals surface area contributed by atoms with Gasteiger partial charge in [-0.15, -0.1) is 0 Å². The van der Waals surface area contributed by atoms with Gasteiger partial charge in [-0.3, -0.25) is 14.7 Å². The molecule has 21 heavy (non-hydrogen) atoms. The van der Waals surface area contributed by atoms with Gasteiger partial charge in [-0.2, -0.15) is 5.10 Å². The summed E-state index contributed by atoms with van der Waals surface area (Å²) in [6, 6.07) is 8.51. The second kappa shape index (κ2) is 4.90. The molecule has 0 saturated heterocycles. The summed E-state index contributed by atoms with van der Waals surface area (Å²) in [7, 11) is 0. The van der Waals surface area contributed by atoms with Crippen LogP contribution in [0.4, 0.5) is 5.69 Å². The number of benzene rings is 1. The van der Waals surface area contributed by atoms with Crippen molar-refractivity contribution in [2.45, 2.75) is 13.8 Å². The van der Waals surface area contributed by atoms with Gasteiger partial charge in [0.25, 0.3) is 5.91 Å². The summed E-state index contributed by atoms with van der Waals surface area (Å²) in [5.74, 6) is -0.329. The minimum atomic E-state index is -0.329. The fourth-order valence-electron chi connectivity index (χ4n) is 2.31. The van der Waals surface area contributed by atoms with Gasteiger partial charge < -0.3 is 10.3 Å². The summed E-state index contributed by atoms with van der Waals surface area (Å²) >= 11 is 0. The molecule has 6 nitrogen and oxygen atoms in total. The SMILES string of the molecule is Cc1n[nH]c(C)c1NC(=O)c1cc(=O)[nH]c2ccccc12. The highest BCUT2D eigenvalue weighted by molar-refractivity contribution is 6.12. The molecule has 0 aliphatic heterocycles. The zero-order valence-corrected chi connectivity index (χ0v) is 11.7. The van der Waals surface area contributed by atoms with E-state index in [0.29, 0.717) is 27.8 Å². The molecule has 1 amide bonds. The highest BCUT2D eigenvalue weighted by Crippen LogP contribution is 2.20. The molecule has 0 saturated carbocycles. The third-order valence-corrected chi connectivity index (χ3v) is 3.36. The molecular formula is C15H14N4O2. The Morgan fingerprint density at radius 2 is 2.00 bits per heavy atom. The van der Waals surface area contributed by atoms with E-state index in [4.69, 9.17) is 0 Å². The number of carbonyl (C=O) groups is 1. The van der Waals surface area contributed by atoms with E-state index in [0.717, 1.165) is 5.69 Å². The average Bonchev–Trinajstić information content (AvgIpc) is 2.78. The fraction of sp³-hybridized carbons (Fsp3) is 0.133. The van der Waals surface area contributed by atoms with Crippen molar-refractivity contribution in [2.75, 3.05) is 5.32 Å². The van der Waals surface area contributed by atoms with Crippen LogP contribution >= 0.6 is 0 Å². The minimum absolute atomic E-state index is 0.306. The van der Waals surface area contributed by atoms with Crippen molar-refractivity contribution in [3.8, 4) is 0 Å². The first kappa shape index (κ1) is 13.1. The largest absolute Gasteiger partial charge is 0.322 e. The van der Waals surface area contributed by atoms with E-state index in [1.165, 1.54) is 6.07 Å². The smallest absolute Gasteiger partial charge is 0.256 e. The number of carbonyl (C=O) groups excluding carboxylic acids is 1. The molecule has 6 heteroatoms. The predicted octanol–water partition coefficient (Wildman–Crippen LogP) is 2.12. The molecule has 3 rings (SSSR count). The van der Waals surface area contributed by atoms with Crippen molar-refractivity contribution < 1.29 is 4.79 Å². The highest BCUT2D eigenvalue weighted by Gasteiger charge is 2.15. The second-order valence-corrected chi connectivity index (χ2v) is 4.86. The third kappa shape index (κ3) is 2.31. The Hall–Kier alpha value is -2.89. The van der Waals surface area contributed by atoms with Crippen LogP contribution in [0.25, 0.3) is 10.9 Å². The Kier molecular flexibility index (Phi) is 3.06.